The van der Waals surface area contributed by atoms with Crippen LogP contribution in [-0.4, -0.2) is 51.9 Å². The molecule has 3 aromatic heterocycles. The summed E-state index contributed by atoms with van der Waals surface area (Å²) in [4.78, 5) is 31.0. The molecule has 1 fully saturated rings. The molecule has 5 rings (SSSR count). The number of carbonyl (C=O) groups excluding carboxylic acids is 1. The Morgan fingerprint density at radius 1 is 0.968 bits per heavy atom. The first-order valence-corrected chi connectivity index (χ1v) is 11.0. The van der Waals surface area contributed by atoms with Crippen LogP contribution in [0.25, 0.3) is 10.1 Å². The van der Waals surface area contributed by atoms with Crippen LogP contribution in [0.15, 0.2) is 61.1 Å². The molecule has 4 heterocycles. The predicted molar refractivity (Wildman–Crippen MR) is 124 cm³/mol. The van der Waals surface area contributed by atoms with Crippen molar-refractivity contribution in [1.82, 2.24) is 19.9 Å². The van der Waals surface area contributed by atoms with Gasteiger partial charge in [0, 0.05) is 43.1 Å². The number of nitrogens with zero attached hydrogens (tertiary/aromatic N) is 5. The van der Waals surface area contributed by atoms with Crippen molar-refractivity contribution in [3.8, 4) is 0 Å². The van der Waals surface area contributed by atoms with Crippen molar-refractivity contribution in [2.24, 2.45) is 0 Å². The molecule has 1 aliphatic heterocycles. The van der Waals surface area contributed by atoms with Crippen molar-refractivity contribution in [1.29, 1.82) is 0 Å². The molecule has 1 aliphatic rings. The number of benzene rings is 1. The molecule has 7 nitrogen and oxygen atoms in total. The summed E-state index contributed by atoms with van der Waals surface area (Å²) in [6.07, 6.45) is 3.33. The van der Waals surface area contributed by atoms with E-state index in [1.807, 2.05) is 54.3 Å². The fourth-order valence-electron chi connectivity index (χ4n) is 3.71. The van der Waals surface area contributed by atoms with Gasteiger partial charge in [0.05, 0.1) is 4.88 Å². The first-order valence-electron chi connectivity index (χ1n) is 10.2. The number of piperazine rings is 1. The Morgan fingerprint density at radius 2 is 1.77 bits per heavy atom. The van der Waals surface area contributed by atoms with Gasteiger partial charge in [0.1, 0.15) is 23.8 Å². The molecule has 0 radical (unpaired) electrons. The lowest BCUT2D eigenvalue weighted by molar-refractivity contribution is 0.0751. The number of thiophene rings is 1. The molecule has 1 aromatic carbocycles. The number of aromatic nitrogens is 3. The number of aryl methyl sites for hydroxylation is 1. The molecule has 0 unspecified atom stereocenters. The molecule has 8 heteroatoms. The topological polar surface area (TPSA) is 74.2 Å². The van der Waals surface area contributed by atoms with Gasteiger partial charge >= 0.3 is 0 Å². The van der Waals surface area contributed by atoms with Gasteiger partial charge in [-0.3, -0.25) is 4.79 Å². The van der Waals surface area contributed by atoms with E-state index < -0.39 is 0 Å². The van der Waals surface area contributed by atoms with Crippen LogP contribution >= 0.6 is 11.3 Å². The molecule has 1 N–H and O–H groups in total. The summed E-state index contributed by atoms with van der Waals surface area (Å²) in [7, 11) is 0. The highest BCUT2D eigenvalue weighted by atomic mass is 32.1. The Hall–Kier alpha value is -3.52. The predicted octanol–water partition coefficient (Wildman–Crippen LogP) is 4.10. The fourth-order valence-corrected chi connectivity index (χ4v) is 4.74. The van der Waals surface area contributed by atoms with Gasteiger partial charge in [0.2, 0.25) is 0 Å². The SMILES string of the molecule is Cc1ccnc(Nc2cc(N3CCN(C(=O)c4cc5ccccc5s4)CC3)ncn2)c1. The highest BCUT2D eigenvalue weighted by molar-refractivity contribution is 7.20. The van der Waals surface area contributed by atoms with E-state index in [0.717, 1.165) is 45.3 Å². The second-order valence-electron chi connectivity index (χ2n) is 7.53. The third-order valence-corrected chi connectivity index (χ3v) is 6.46. The maximum absolute atomic E-state index is 13.0. The molecular formula is C23H22N6OS. The maximum Gasteiger partial charge on any atom is 0.264 e. The van der Waals surface area contributed by atoms with Gasteiger partial charge in [0.15, 0.2) is 0 Å². The van der Waals surface area contributed by atoms with E-state index in [1.165, 1.54) is 0 Å². The van der Waals surface area contributed by atoms with Crippen LogP contribution in [0.3, 0.4) is 0 Å². The molecular weight excluding hydrogens is 408 g/mol. The Bertz CT molecular complexity index is 1200. The van der Waals surface area contributed by atoms with Crippen LogP contribution < -0.4 is 10.2 Å². The van der Waals surface area contributed by atoms with E-state index in [1.54, 1.807) is 23.9 Å². The molecule has 0 saturated carbocycles. The molecule has 4 aromatic rings. The van der Waals surface area contributed by atoms with Gasteiger partial charge < -0.3 is 15.1 Å². The summed E-state index contributed by atoms with van der Waals surface area (Å²) in [5.41, 5.74) is 1.13. The third-order valence-electron chi connectivity index (χ3n) is 5.35. The third kappa shape index (κ3) is 4.20. The van der Waals surface area contributed by atoms with Gasteiger partial charge in [-0.05, 0) is 42.1 Å². The Kier molecular flexibility index (Phi) is 5.21. The molecule has 31 heavy (non-hydrogen) atoms. The van der Waals surface area contributed by atoms with Crippen molar-refractivity contribution in [3.63, 3.8) is 0 Å². The van der Waals surface area contributed by atoms with E-state index >= 15 is 0 Å². The normalized spacial score (nSPS) is 14.1. The smallest absolute Gasteiger partial charge is 0.264 e. The summed E-state index contributed by atoms with van der Waals surface area (Å²) in [5, 5.41) is 4.36. The molecule has 156 valence electrons. The van der Waals surface area contributed by atoms with Crippen molar-refractivity contribution in [3.05, 3.63) is 71.5 Å². The van der Waals surface area contributed by atoms with E-state index in [-0.39, 0.29) is 5.91 Å². The summed E-state index contributed by atoms with van der Waals surface area (Å²) in [6, 6.07) is 16.0. The lowest BCUT2D eigenvalue weighted by Crippen LogP contribution is -2.48. The van der Waals surface area contributed by atoms with Crippen LogP contribution in [0.5, 0.6) is 0 Å². The zero-order chi connectivity index (χ0) is 21.2. The number of carbonyl (C=O) groups is 1. The Morgan fingerprint density at radius 3 is 2.58 bits per heavy atom. The molecule has 1 amide bonds. The summed E-state index contributed by atoms with van der Waals surface area (Å²) < 4.78 is 1.15. The van der Waals surface area contributed by atoms with Crippen LogP contribution in [0.4, 0.5) is 17.5 Å². The zero-order valence-electron chi connectivity index (χ0n) is 17.2. The van der Waals surface area contributed by atoms with E-state index in [0.29, 0.717) is 18.9 Å². The number of rotatable bonds is 4. The first-order chi connectivity index (χ1) is 15.2. The summed E-state index contributed by atoms with van der Waals surface area (Å²) in [5.74, 6) is 2.41. The number of hydrogen-bond acceptors (Lipinski definition) is 7. The van der Waals surface area contributed by atoms with Gasteiger partial charge in [0.25, 0.3) is 5.91 Å². The van der Waals surface area contributed by atoms with Gasteiger partial charge in [-0.15, -0.1) is 11.3 Å². The lowest BCUT2D eigenvalue weighted by atomic mass is 10.2. The monoisotopic (exact) mass is 430 g/mol. The molecule has 0 spiro atoms. The first kappa shape index (κ1) is 19.4. The average molecular weight is 431 g/mol. The molecule has 0 aliphatic carbocycles. The Labute approximate surface area is 184 Å². The lowest BCUT2D eigenvalue weighted by Gasteiger charge is -2.35. The van der Waals surface area contributed by atoms with Crippen LogP contribution in [0.2, 0.25) is 0 Å². The number of nitrogens with one attached hydrogen (secondary N) is 1. The second kappa shape index (κ2) is 8.31. The number of amides is 1. The second-order valence-corrected chi connectivity index (χ2v) is 8.62. The van der Waals surface area contributed by atoms with Crippen molar-refractivity contribution >= 4 is 44.8 Å². The largest absolute Gasteiger partial charge is 0.353 e. The maximum atomic E-state index is 13.0. The number of anilines is 3. The number of hydrogen-bond donors (Lipinski definition) is 1. The van der Waals surface area contributed by atoms with Crippen LogP contribution in [0, 0.1) is 6.92 Å². The van der Waals surface area contributed by atoms with E-state index in [4.69, 9.17) is 0 Å². The Balaban J connectivity index is 1.24. The van der Waals surface area contributed by atoms with Crippen LogP contribution in [-0.2, 0) is 0 Å². The minimum absolute atomic E-state index is 0.108. The van der Waals surface area contributed by atoms with Gasteiger partial charge in [-0.1, -0.05) is 18.2 Å². The van der Waals surface area contributed by atoms with E-state index in [2.05, 4.69) is 31.2 Å². The van der Waals surface area contributed by atoms with Crippen molar-refractivity contribution in [2.45, 2.75) is 6.92 Å². The number of pyridine rings is 1. The van der Waals surface area contributed by atoms with Crippen LogP contribution in [0.1, 0.15) is 15.2 Å². The summed E-state index contributed by atoms with van der Waals surface area (Å²) >= 11 is 1.56. The quantitative estimate of drug-likeness (QED) is 0.525. The number of fused-ring (bicyclic) bond motifs is 1. The van der Waals surface area contributed by atoms with Gasteiger partial charge in [-0.2, -0.15) is 0 Å². The summed E-state index contributed by atoms with van der Waals surface area (Å²) in [6.45, 7) is 4.82. The van der Waals surface area contributed by atoms with E-state index in [9.17, 15) is 4.79 Å². The van der Waals surface area contributed by atoms with Gasteiger partial charge in [-0.25, -0.2) is 15.0 Å². The zero-order valence-corrected chi connectivity index (χ0v) is 18.0. The standard InChI is InChI=1S/C23H22N6OS/c1-16-6-7-24-20(12-16)27-21-14-22(26-15-25-21)28-8-10-29(11-9-28)23(30)19-13-17-4-2-3-5-18(17)31-19/h2-7,12-15H,8-11H2,1H3,(H,24,25,26,27). The highest BCUT2D eigenvalue weighted by Crippen LogP contribution is 2.27. The molecule has 0 atom stereocenters. The molecule has 1 saturated heterocycles. The van der Waals surface area contributed by atoms with Crippen molar-refractivity contribution in [2.75, 3.05) is 36.4 Å². The van der Waals surface area contributed by atoms with Crippen molar-refractivity contribution < 1.29 is 4.79 Å². The minimum atomic E-state index is 0.108. The average Bonchev–Trinajstić information content (AvgIpc) is 3.23. The fraction of sp³-hybridized carbons (Fsp3) is 0.217. The minimum Gasteiger partial charge on any atom is -0.353 e. The highest BCUT2D eigenvalue weighted by Gasteiger charge is 2.24. The molecule has 0 bridgehead atoms.